The lowest BCUT2D eigenvalue weighted by Gasteiger charge is -2.16. The van der Waals surface area contributed by atoms with Crippen LogP contribution in [0.25, 0.3) is 0 Å². The summed E-state index contributed by atoms with van der Waals surface area (Å²) in [6.45, 7) is 1.89. The molecule has 7 heteroatoms. The fourth-order valence-corrected chi connectivity index (χ4v) is 2.13. The SMILES string of the molecule is CCC(Nc1ccc(OC)cc1)C(=O)N/N=C/c1ccc(O)cc1O. The molecule has 0 saturated heterocycles. The number of nitrogens with zero attached hydrogens (tertiary/aromatic N) is 1. The first-order valence-electron chi connectivity index (χ1n) is 7.79. The maximum Gasteiger partial charge on any atom is 0.262 e. The van der Waals surface area contributed by atoms with Gasteiger partial charge in [0.05, 0.1) is 13.3 Å². The van der Waals surface area contributed by atoms with Gasteiger partial charge in [-0.05, 0) is 42.8 Å². The van der Waals surface area contributed by atoms with Gasteiger partial charge in [-0.1, -0.05) is 6.92 Å². The van der Waals surface area contributed by atoms with Crippen LogP contribution in [-0.2, 0) is 4.79 Å². The van der Waals surface area contributed by atoms with Crippen LogP contribution >= 0.6 is 0 Å². The molecule has 25 heavy (non-hydrogen) atoms. The Morgan fingerprint density at radius 1 is 1.24 bits per heavy atom. The molecule has 0 saturated carbocycles. The molecular weight excluding hydrogens is 322 g/mol. The first-order chi connectivity index (χ1) is 12.0. The number of aromatic hydroxyl groups is 2. The molecule has 2 aromatic rings. The van der Waals surface area contributed by atoms with Crippen LogP contribution in [0.3, 0.4) is 0 Å². The Hall–Kier alpha value is -3.22. The molecule has 0 aliphatic heterocycles. The summed E-state index contributed by atoms with van der Waals surface area (Å²) in [5, 5.41) is 25.9. The number of hydrogen-bond donors (Lipinski definition) is 4. The Labute approximate surface area is 146 Å². The van der Waals surface area contributed by atoms with Gasteiger partial charge in [-0.15, -0.1) is 0 Å². The molecule has 0 radical (unpaired) electrons. The molecule has 2 rings (SSSR count). The number of carbonyl (C=O) groups is 1. The molecule has 4 N–H and O–H groups in total. The fourth-order valence-electron chi connectivity index (χ4n) is 2.13. The van der Waals surface area contributed by atoms with Crippen LogP contribution < -0.4 is 15.5 Å². The third-order valence-corrected chi connectivity index (χ3v) is 3.55. The van der Waals surface area contributed by atoms with Crippen LogP contribution in [0.2, 0.25) is 0 Å². The van der Waals surface area contributed by atoms with Gasteiger partial charge in [0.1, 0.15) is 23.3 Å². The van der Waals surface area contributed by atoms with Gasteiger partial charge in [-0.2, -0.15) is 5.10 Å². The Bertz CT molecular complexity index is 744. The third kappa shape index (κ3) is 5.13. The van der Waals surface area contributed by atoms with E-state index in [0.29, 0.717) is 12.0 Å². The predicted octanol–water partition coefficient (Wildman–Crippen LogP) is 2.45. The zero-order chi connectivity index (χ0) is 18.2. The molecule has 0 fully saturated rings. The number of benzene rings is 2. The summed E-state index contributed by atoms with van der Waals surface area (Å²) in [5.41, 5.74) is 3.61. The van der Waals surface area contributed by atoms with E-state index in [9.17, 15) is 15.0 Å². The minimum absolute atomic E-state index is 0.0478. The number of phenols is 2. The number of carbonyl (C=O) groups excluding carboxylic acids is 1. The summed E-state index contributed by atoms with van der Waals surface area (Å²) >= 11 is 0. The van der Waals surface area contributed by atoms with Crippen LogP contribution in [0.5, 0.6) is 17.2 Å². The molecule has 2 aromatic carbocycles. The molecule has 0 aromatic heterocycles. The van der Waals surface area contributed by atoms with E-state index in [0.717, 1.165) is 11.4 Å². The number of rotatable bonds is 7. The zero-order valence-corrected chi connectivity index (χ0v) is 14.1. The van der Waals surface area contributed by atoms with E-state index in [4.69, 9.17) is 4.74 Å². The van der Waals surface area contributed by atoms with Crippen molar-refractivity contribution in [1.82, 2.24) is 5.43 Å². The second kappa shape index (κ2) is 8.58. The molecule has 132 valence electrons. The zero-order valence-electron chi connectivity index (χ0n) is 14.1. The lowest BCUT2D eigenvalue weighted by molar-refractivity contribution is -0.121. The van der Waals surface area contributed by atoms with Crippen molar-refractivity contribution >= 4 is 17.8 Å². The number of ether oxygens (including phenoxy) is 1. The normalized spacial score (nSPS) is 11.9. The smallest absolute Gasteiger partial charge is 0.262 e. The standard InChI is InChI=1S/C18H21N3O4/c1-3-16(20-13-5-8-15(25-2)9-6-13)18(24)21-19-11-12-4-7-14(22)10-17(12)23/h4-11,16,20,22-23H,3H2,1-2H3,(H,21,24)/b19-11+. The van der Waals surface area contributed by atoms with Crippen molar-refractivity contribution in [3.8, 4) is 17.2 Å². The Morgan fingerprint density at radius 2 is 1.96 bits per heavy atom. The average Bonchev–Trinajstić information content (AvgIpc) is 2.61. The summed E-state index contributed by atoms with van der Waals surface area (Å²) < 4.78 is 5.10. The summed E-state index contributed by atoms with van der Waals surface area (Å²) in [6.07, 6.45) is 1.88. The summed E-state index contributed by atoms with van der Waals surface area (Å²) in [7, 11) is 1.59. The molecule has 7 nitrogen and oxygen atoms in total. The van der Waals surface area contributed by atoms with E-state index in [1.165, 1.54) is 24.4 Å². The minimum atomic E-state index is -0.459. The monoisotopic (exact) mass is 343 g/mol. The van der Waals surface area contributed by atoms with E-state index in [-0.39, 0.29) is 17.4 Å². The average molecular weight is 343 g/mol. The van der Waals surface area contributed by atoms with Gasteiger partial charge in [0.25, 0.3) is 5.91 Å². The number of anilines is 1. The van der Waals surface area contributed by atoms with E-state index in [1.807, 2.05) is 19.1 Å². The van der Waals surface area contributed by atoms with Gasteiger partial charge in [0.15, 0.2) is 0 Å². The first kappa shape index (κ1) is 18.1. The van der Waals surface area contributed by atoms with Gasteiger partial charge >= 0.3 is 0 Å². The number of hydrazone groups is 1. The minimum Gasteiger partial charge on any atom is -0.508 e. The molecule has 0 bridgehead atoms. The second-order valence-electron chi connectivity index (χ2n) is 5.31. The Morgan fingerprint density at radius 3 is 2.56 bits per heavy atom. The second-order valence-corrected chi connectivity index (χ2v) is 5.31. The molecule has 1 unspecified atom stereocenters. The van der Waals surface area contributed by atoms with Crippen LogP contribution in [0.15, 0.2) is 47.6 Å². The molecule has 0 aliphatic rings. The maximum atomic E-state index is 12.2. The summed E-state index contributed by atoms with van der Waals surface area (Å²) in [4.78, 5) is 12.2. The van der Waals surface area contributed by atoms with E-state index >= 15 is 0 Å². The highest BCUT2D eigenvalue weighted by Crippen LogP contribution is 2.20. The quantitative estimate of drug-likeness (QED) is 0.457. The van der Waals surface area contributed by atoms with Gasteiger partial charge in [-0.25, -0.2) is 5.43 Å². The first-order valence-corrected chi connectivity index (χ1v) is 7.79. The topological polar surface area (TPSA) is 103 Å². The highest BCUT2D eigenvalue weighted by atomic mass is 16.5. The highest BCUT2D eigenvalue weighted by molar-refractivity contribution is 5.88. The maximum absolute atomic E-state index is 12.2. The van der Waals surface area contributed by atoms with Crippen LogP contribution in [0.4, 0.5) is 5.69 Å². The Kier molecular flexibility index (Phi) is 6.22. The predicted molar refractivity (Wildman–Crippen MR) is 96.2 cm³/mol. The molecule has 0 aliphatic carbocycles. The van der Waals surface area contributed by atoms with E-state index < -0.39 is 6.04 Å². The van der Waals surface area contributed by atoms with Crippen molar-refractivity contribution in [2.75, 3.05) is 12.4 Å². The van der Waals surface area contributed by atoms with Gasteiger partial charge in [0.2, 0.25) is 0 Å². The van der Waals surface area contributed by atoms with Gasteiger partial charge in [-0.3, -0.25) is 4.79 Å². The van der Waals surface area contributed by atoms with Crippen molar-refractivity contribution in [3.63, 3.8) is 0 Å². The van der Waals surface area contributed by atoms with Crippen molar-refractivity contribution in [2.45, 2.75) is 19.4 Å². The van der Waals surface area contributed by atoms with Gasteiger partial charge < -0.3 is 20.3 Å². The van der Waals surface area contributed by atoms with Crippen molar-refractivity contribution in [2.24, 2.45) is 5.10 Å². The third-order valence-electron chi connectivity index (χ3n) is 3.55. The highest BCUT2D eigenvalue weighted by Gasteiger charge is 2.15. The molecule has 0 spiro atoms. The molecule has 1 amide bonds. The van der Waals surface area contributed by atoms with Crippen molar-refractivity contribution in [3.05, 3.63) is 48.0 Å². The van der Waals surface area contributed by atoms with Crippen LogP contribution in [0, 0.1) is 0 Å². The lowest BCUT2D eigenvalue weighted by Crippen LogP contribution is -2.36. The number of nitrogens with one attached hydrogen (secondary N) is 2. The number of amides is 1. The molecular formula is C18H21N3O4. The summed E-state index contributed by atoms with van der Waals surface area (Å²) in [5.74, 6) is 0.268. The largest absolute Gasteiger partial charge is 0.508 e. The van der Waals surface area contributed by atoms with E-state index in [2.05, 4.69) is 15.8 Å². The number of hydrogen-bond acceptors (Lipinski definition) is 6. The van der Waals surface area contributed by atoms with E-state index in [1.54, 1.807) is 19.2 Å². The fraction of sp³-hybridized carbons (Fsp3) is 0.222. The van der Waals surface area contributed by atoms with Gasteiger partial charge in [0, 0.05) is 17.3 Å². The Balaban J connectivity index is 1.95. The number of methoxy groups -OCH3 is 1. The lowest BCUT2D eigenvalue weighted by atomic mass is 10.2. The molecule has 1 atom stereocenters. The molecule has 0 heterocycles. The van der Waals surface area contributed by atoms with Crippen LogP contribution in [-0.4, -0.2) is 35.5 Å². The summed E-state index contributed by atoms with van der Waals surface area (Å²) in [6, 6.07) is 10.9. The van der Waals surface area contributed by atoms with Crippen molar-refractivity contribution < 1.29 is 19.7 Å². The number of phenolic OH excluding ortho intramolecular Hbond substituents is 2. The van der Waals surface area contributed by atoms with Crippen molar-refractivity contribution in [1.29, 1.82) is 0 Å². The van der Waals surface area contributed by atoms with Crippen LogP contribution in [0.1, 0.15) is 18.9 Å².